The van der Waals surface area contributed by atoms with Gasteiger partial charge in [-0.05, 0) is 42.8 Å². The van der Waals surface area contributed by atoms with E-state index in [4.69, 9.17) is 14.2 Å². The molecular weight excluding hydrogens is 406 g/mol. The van der Waals surface area contributed by atoms with Crippen LogP contribution in [0.25, 0.3) is 10.6 Å². The number of hydrazone groups is 1. The van der Waals surface area contributed by atoms with Crippen molar-refractivity contribution in [2.75, 3.05) is 20.3 Å². The minimum absolute atomic E-state index is 0.00638. The van der Waals surface area contributed by atoms with E-state index in [-0.39, 0.29) is 11.7 Å². The van der Waals surface area contributed by atoms with Crippen LogP contribution in [0, 0.1) is 6.92 Å². The second-order valence-corrected chi connectivity index (χ2v) is 7.39. The Hall–Kier alpha value is -3.59. The smallest absolute Gasteiger partial charge is 0.283 e. The van der Waals surface area contributed by atoms with E-state index in [2.05, 4.69) is 15.5 Å². The van der Waals surface area contributed by atoms with Crippen molar-refractivity contribution in [2.45, 2.75) is 6.92 Å². The van der Waals surface area contributed by atoms with Gasteiger partial charge in [-0.25, -0.2) is 10.4 Å². The van der Waals surface area contributed by atoms with Crippen LogP contribution in [0.2, 0.25) is 0 Å². The topological polar surface area (TPSA) is 102 Å². The third-order valence-electron chi connectivity index (χ3n) is 4.38. The number of ether oxygens (including phenoxy) is 3. The highest BCUT2D eigenvalue weighted by atomic mass is 32.1. The Bertz CT molecular complexity index is 1130. The van der Waals surface area contributed by atoms with Gasteiger partial charge in [-0.2, -0.15) is 5.10 Å². The van der Waals surface area contributed by atoms with E-state index in [9.17, 15) is 9.90 Å². The summed E-state index contributed by atoms with van der Waals surface area (Å²) >= 11 is 1.26. The number of aryl methyl sites for hydroxylation is 1. The highest BCUT2D eigenvalue weighted by Crippen LogP contribution is 2.41. The van der Waals surface area contributed by atoms with Crippen LogP contribution >= 0.6 is 11.3 Å². The molecule has 0 saturated carbocycles. The molecule has 0 saturated heterocycles. The number of carbonyl (C=O) groups excluding carboxylic acids is 1. The van der Waals surface area contributed by atoms with Crippen LogP contribution in [-0.2, 0) is 0 Å². The zero-order chi connectivity index (χ0) is 21.1. The predicted octanol–water partition coefficient (Wildman–Crippen LogP) is 3.37. The molecule has 8 nitrogen and oxygen atoms in total. The van der Waals surface area contributed by atoms with E-state index in [1.54, 1.807) is 19.1 Å². The lowest BCUT2D eigenvalue weighted by Crippen LogP contribution is -2.17. The molecule has 0 aliphatic carbocycles. The van der Waals surface area contributed by atoms with E-state index in [1.165, 1.54) is 30.7 Å². The fourth-order valence-electron chi connectivity index (χ4n) is 2.97. The number of aromatic nitrogens is 1. The molecule has 1 aromatic heterocycles. The Morgan fingerprint density at radius 3 is 2.93 bits per heavy atom. The van der Waals surface area contributed by atoms with E-state index in [0.29, 0.717) is 51.6 Å². The maximum Gasteiger partial charge on any atom is 0.283 e. The highest BCUT2D eigenvalue weighted by Gasteiger charge is 2.22. The van der Waals surface area contributed by atoms with E-state index >= 15 is 0 Å². The van der Waals surface area contributed by atoms with Gasteiger partial charge in [0.1, 0.15) is 23.1 Å². The molecule has 1 aliphatic rings. The van der Waals surface area contributed by atoms with Gasteiger partial charge in [0, 0.05) is 0 Å². The molecule has 1 aliphatic heterocycles. The van der Waals surface area contributed by atoms with Crippen LogP contribution in [0.5, 0.6) is 23.0 Å². The number of hydrogen-bond acceptors (Lipinski definition) is 8. The zero-order valence-corrected chi connectivity index (χ0v) is 17.2. The number of hydrogen-bond donors (Lipinski definition) is 2. The highest BCUT2D eigenvalue weighted by molar-refractivity contribution is 7.17. The predicted molar refractivity (Wildman–Crippen MR) is 113 cm³/mol. The monoisotopic (exact) mass is 425 g/mol. The SMILES string of the molecule is COc1ccc(/C=N/NC(=O)c2sc(-c3cccc4c3OCCO4)nc2C)cc1O. The fraction of sp³-hybridized carbons (Fsp3) is 0.190. The molecule has 2 aromatic carbocycles. The summed E-state index contributed by atoms with van der Waals surface area (Å²) in [7, 11) is 1.47. The number of phenolic OH excluding ortho intramolecular Hbond substituents is 1. The quantitative estimate of drug-likeness (QED) is 0.480. The molecule has 1 amide bonds. The number of rotatable bonds is 5. The molecule has 0 spiro atoms. The zero-order valence-electron chi connectivity index (χ0n) is 16.3. The minimum Gasteiger partial charge on any atom is -0.504 e. The maximum absolute atomic E-state index is 12.6. The second kappa shape index (κ2) is 8.42. The van der Waals surface area contributed by atoms with Gasteiger partial charge in [-0.1, -0.05) is 6.07 Å². The van der Waals surface area contributed by atoms with Gasteiger partial charge < -0.3 is 19.3 Å². The molecule has 2 N–H and O–H groups in total. The van der Waals surface area contributed by atoms with Crippen molar-refractivity contribution in [3.05, 3.63) is 52.5 Å². The van der Waals surface area contributed by atoms with Crippen LogP contribution < -0.4 is 19.6 Å². The lowest BCUT2D eigenvalue weighted by atomic mass is 10.2. The molecule has 9 heteroatoms. The lowest BCUT2D eigenvalue weighted by molar-refractivity contribution is 0.0958. The summed E-state index contributed by atoms with van der Waals surface area (Å²) < 4.78 is 16.4. The first kappa shape index (κ1) is 19.7. The van der Waals surface area contributed by atoms with Crippen molar-refractivity contribution in [2.24, 2.45) is 5.10 Å². The third-order valence-corrected chi connectivity index (χ3v) is 5.57. The summed E-state index contributed by atoms with van der Waals surface area (Å²) in [5, 5.41) is 14.4. The number of methoxy groups -OCH3 is 1. The number of carbonyl (C=O) groups is 1. The molecule has 30 heavy (non-hydrogen) atoms. The number of para-hydroxylation sites is 1. The van der Waals surface area contributed by atoms with Crippen molar-refractivity contribution in [1.29, 1.82) is 0 Å². The molecule has 3 aromatic rings. The normalized spacial score (nSPS) is 12.7. The summed E-state index contributed by atoms with van der Waals surface area (Å²) in [5.74, 6) is 1.30. The van der Waals surface area contributed by atoms with Gasteiger partial charge in [0.05, 0.1) is 24.6 Å². The number of nitrogens with one attached hydrogen (secondary N) is 1. The standard InChI is InChI=1S/C21H19N3O5S/c1-12-19(20(26)24-22-11-13-6-7-16(27-2)15(25)10-13)30-21(23-12)14-4-3-5-17-18(14)29-9-8-28-17/h3-7,10-11,25H,8-9H2,1-2H3,(H,24,26)/b22-11+. The summed E-state index contributed by atoms with van der Waals surface area (Å²) in [6.07, 6.45) is 1.44. The van der Waals surface area contributed by atoms with Crippen LogP contribution in [0.1, 0.15) is 20.9 Å². The van der Waals surface area contributed by atoms with Crippen LogP contribution in [0.15, 0.2) is 41.5 Å². The molecule has 0 unspecified atom stereocenters. The average molecular weight is 425 g/mol. The average Bonchev–Trinajstić information content (AvgIpc) is 3.15. The van der Waals surface area contributed by atoms with E-state index in [0.717, 1.165) is 5.56 Å². The fourth-order valence-corrected chi connectivity index (χ4v) is 3.95. The number of amides is 1. The summed E-state index contributed by atoms with van der Waals surface area (Å²) in [6.45, 7) is 2.75. The molecule has 2 heterocycles. The number of fused-ring (bicyclic) bond motifs is 1. The Balaban J connectivity index is 1.51. The first-order valence-corrected chi connectivity index (χ1v) is 9.95. The van der Waals surface area contributed by atoms with Crippen LogP contribution in [0.4, 0.5) is 0 Å². The first-order chi connectivity index (χ1) is 14.6. The van der Waals surface area contributed by atoms with Crippen molar-refractivity contribution in [1.82, 2.24) is 10.4 Å². The minimum atomic E-state index is -0.368. The van der Waals surface area contributed by atoms with E-state index in [1.807, 2.05) is 18.2 Å². The summed E-state index contributed by atoms with van der Waals surface area (Å²) in [5.41, 5.74) is 4.49. The maximum atomic E-state index is 12.6. The van der Waals surface area contributed by atoms with Crippen molar-refractivity contribution >= 4 is 23.5 Å². The number of nitrogens with zero attached hydrogens (tertiary/aromatic N) is 2. The number of thiazole rings is 1. The number of benzene rings is 2. The van der Waals surface area contributed by atoms with Gasteiger partial charge in [-0.3, -0.25) is 4.79 Å². The van der Waals surface area contributed by atoms with Crippen LogP contribution in [-0.4, -0.2) is 42.5 Å². The first-order valence-electron chi connectivity index (χ1n) is 9.13. The Morgan fingerprint density at radius 2 is 2.13 bits per heavy atom. The van der Waals surface area contributed by atoms with Crippen molar-refractivity contribution in [3.63, 3.8) is 0 Å². The van der Waals surface area contributed by atoms with Gasteiger partial charge in [0.2, 0.25) is 0 Å². The van der Waals surface area contributed by atoms with Gasteiger partial charge in [0.15, 0.2) is 23.0 Å². The lowest BCUT2D eigenvalue weighted by Gasteiger charge is -2.20. The molecule has 154 valence electrons. The Morgan fingerprint density at radius 1 is 1.30 bits per heavy atom. The number of aromatic hydroxyl groups is 1. The largest absolute Gasteiger partial charge is 0.504 e. The summed E-state index contributed by atoms with van der Waals surface area (Å²) in [4.78, 5) is 17.6. The van der Waals surface area contributed by atoms with Crippen molar-refractivity contribution < 1.29 is 24.1 Å². The van der Waals surface area contributed by atoms with Gasteiger partial charge in [0.25, 0.3) is 5.91 Å². The van der Waals surface area contributed by atoms with E-state index < -0.39 is 0 Å². The summed E-state index contributed by atoms with van der Waals surface area (Å²) in [6, 6.07) is 10.4. The van der Waals surface area contributed by atoms with Gasteiger partial charge in [-0.15, -0.1) is 11.3 Å². The molecule has 0 radical (unpaired) electrons. The second-order valence-electron chi connectivity index (χ2n) is 6.39. The third kappa shape index (κ3) is 3.92. The Labute approximate surface area is 176 Å². The molecule has 0 atom stereocenters. The molecule has 0 bridgehead atoms. The molecular formula is C21H19N3O5S. The molecule has 4 rings (SSSR count). The van der Waals surface area contributed by atoms with Crippen molar-refractivity contribution in [3.8, 4) is 33.6 Å². The van der Waals surface area contributed by atoms with Gasteiger partial charge >= 0.3 is 0 Å². The number of phenols is 1. The Kier molecular flexibility index (Phi) is 5.53. The van der Waals surface area contributed by atoms with Crippen LogP contribution in [0.3, 0.4) is 0 Å². The molecule has 0 fully saturated rings.